The Balaban J connectivity index is 1.53. The fraction of sp³-hybridized carbons (Fsp3) is 0.667. The molecule has 0 saturated carbocycles. The Morgan fingerprint density at radius 3 is 2.50 bits per heavy atom. The van der Waals surface area contributed by atoms with Gasteiger partial charge in [0.2, 0.25) is 15.9 Å². The predicted octanol–water partition coefficient (Wildman–Crippen LogP) is 2.09. The summed E-state index contributed by atoms with van der Waals surface area (Å²) in [5.74, 6) is 0.112. The van der Waals surface area contributed by atoms with Gasteiger partial charge in [0.05, 0.1) is 11.7 Å². The third-order valence-electron chi connectivity index (χ3n) is 5.93. The maximum Gasteiger partial charge on any atom is 0.227 e. The highest BCUT2D eigenvalue weighted by molar-refractivity contribution is 7.89. The molecule has 28 heavy (non-hydrogen) atoms. The molecular weight excluding hydrogens is 374 g/mol. The van der Waals surface area contributed by atoms with Gasteiger partial charge in [-0.05, 0) is 37.3 Å². The molecule has 0 radical (unpaired) electrons. The smallest absolute Gasteiger partial charge is 0.227 e. The largest absolute Gasteiger partial charge is 0.340 e. The van der Waals surface area contributed by atoms with Crippen molar-refractivity contribution in [3.05, 3.63) is 35.4 Å². The molecule has 156 valence electrons. The quantitative estimate of drug-likeness (QED) is 0.725. The van der Waals surface area contributed by atoms with Gasteiger partial charge in [-0.2, -0.15) is 0 Å². The van der Waals surface area contributed by atoms with Crippen LogP contribution in [-0.4, -0.2) is 73.5 Å². The number of sulfonamides is 1. The predicted molar refractivity (Wildman–Crippen MR) is 111 cm³/mol. The van der Waals surface area contributed by atoms with E-state index in [0.29, 0.717) is 19.5 Å². The molecule has 0 spiro atoms. The van der Waals surface area contributed by atoms with Crippen molar-refractivity contribution >= 4 is 15.9 Å². The molecule has 6 nitrogen and oxygen atoms in total. The summed E-state index contributed by atoms with van der Waals surface area (Å²) in [5.41, 5.74) is 2.64. The van der Waals surface area contributed by atoms with E-state index in [1.54, 1.807) is 0 Å². The van der Waals surface area contributed by atoms with Crippen molar-refractivity contribution in [3.63, 3.8) is 0 Å². The van der Waals surface area contributed by atoms with E-state index >= 15 is 0 Å². The van der Waals surface area contributed by atoms with Crippen LogP contribution >= 0.6 is 0 Å². The molecule has 2 aliphatic heterocycles. The monoisotopic (exact) mass is 407 g/mol. The van der Waals surface area contributed by atoms with E-state index in [-0.39, 0.29) is 17.6 Å². The number of aryl methyl sites for hydroxylation is 1. The lowest BCUT2D eigenvalue weighted by Gasteiger charge is -2.38. The van der Waals surface area contributed by atoms with Gasteiger partial charge >= 0.3 is 0 Å². The fourth-order valence-corrected chi connectivity index (χ4v) is 5.79. The molecule has 2 saturated heterocycles. The molecule has 0 N–H and O–H groups in total. The van der Waals surface area contributed by atoms with E-state index in [1.165, 1.54) is 15.4 Å². The van der Waals surface area contributed by atoms with E-state index in [0.717, 1.165) is 45.6 Å². The number of benzene rings is 1. The molecule has 2 heterocycles. The van der Waals surface area contributed by atoms with Gasteiger partial charge < -0.3 is 4.90 Å². The van der Waals surface area contributed by atoms with Crippen molar-refractivity contribution < 1.29 is 13.2 Å². The summed E-state index contributed by atoms with van der Waals surface area (Å²) in [6, 6.07) is 8.43. The van der Waals surface area contributed by atoms with E-state index < -0.39 is 10.0 Å². The van der Waals surface area contributed by atoms with Crippen molar-refractivity contribution in [2.24, 2.45) is 5.92 Å². The SMILES string of the molecule is CCCS(=O)(=O)N1CCCC(C(=O)N2CCN(Cc3ccccc3C)CC2)C1. The topological polar surface area (TPSA) is 60.9 Å². The number of hydrogen-bond donors (Lipinski definition) is 0. The molecule has 0 aromatic heterocycles. The maximum atomic E-state index is 13.0. The van der Waals surface area contributed by atoms with Gasteiger partial charge in [0.1, 0.15) is 0 Å². The van der Waals surface area contributed by atoms with Crippen LogP contribution in [0.4, 0.5) is 0 Å². The van der Waals surface area contributed by atoms with E-state index in [4.69, 9.17) is 0 Å². The summed E-state index contributed by atoms with van der Waals surface area (Å²) in [6.45, 7) is 9.01. The minimum Gasteiger partial charge on any atom is -0.340 e. The number of nitrogens with zero attached hydrogens (tertiary/aromatic N) is 3. The lowest BCUT2D eigenvalue weighted by atomic mass is 9.97. The van der Waals surface area contributed by atoms with Crippen molar-refractivity contribution in [2.45, 2.75) is 39.7 Å². The van der Waals surface area contributed by atoms with E-state index in [1.807, 2.05) is 11.8 Å². The highest BCUT2D eigenvalue weighted by Crippen LogP contribution is 2.23. The summed E-state index contributed by atoms with van der Waals surface area (Å²) in [5, 5.41) is 0. The van der Waals surface area contributed by atoms with Gasteiger partial charge in [-0.15, -0.1) is 0 Å². The third kappa shape index (κ3) is 5.13. The summed E-state index contributed by atoms with van der Waals surface area (Å²) in [4.78, 5) is 17.3. The normalized spacial score (nSPS) is 22.4. The average molecular weight is 408 g/mol. The molecule has 1 aromatic carbocycles. The number of rotatable bonds is 6. The second kappa shape index (κ2) is 9.37. The number of hydrogen-bond acceptors (Lipinski definition) is 4. The number of piperazine rings is 1. The Labute approximate surface area is 169 Å². The van der Waals surface area contributed by atoms with Crippen LogP contribution in [0.1, 0.15) is 37.3 Å². The zero-order valence-electron chi connectivity index (χ0n) is 17.1. The van der Waals surface area contributed by atoms with E-state index in [9.17, 15) is 13.2 Å². The molecule has 1 aromatic rings. The van der Waals surface area contributed by atoms with Crippen LogP contribution in [0.2, 0.25) is 0 Å². The van der Waals surface area contributed by atoms with Gasteiger partial charge in [0.25, 0.3) is 0 Å². The van der Waals surface area contributed by atoms with Crippen LogP contribution in [0.3, 0.4) is 0 Å². The zero-order valence-corrected chi connectivity index (χ0v) is 18.0. The Morgan fingerprint density at radius 1 is 1.11 bits per heavy atom. The highest BCUT2D eigenvalue weighted by atomic mass is 32.2. The molecule has 7 heteroatoms. The molecular formula is C21H33N3O3S. The minimum absolute atomic E-state index is 0.131. The zero-order chi connectivity index (χ0) is 20.1. The molecule has 0 bridgehead atoms. The Kier molecular flexibility index (Phi) is 7.12. The van der Waals surface area contributed by atoms with Crippen molar-refractivity contribution in [3.8, 4) is 0 Å². The van der Waals surface area contributed by atoms with Crippen molar-refractivity contribution in [2.75, 3.05) is 45.0 Å². The molecule has 3 rings (SSSR count). The molecule has 0 aliphatic carbocycles. The summed E-state index contributed by atoms with van der Waals surface area (Å²) in [7, 11) is -3.22. The van der Waals surface area contributed by atoms with Gasteiger partial charge in [0, 0.05) is 45.8 Å². The van der Waals surface area contributed by atoms with Crippen LogP contribution in [0, 0.1) is 12.8 Å². The molecule has 1 amide bonds. The van der Waals surface area contributed by atoms with Crippen LogP contribution in [-0.2, 0) is 21.4 Å². The molecule has 1 unspecified atom stereocenters. The summed E-state index contributed by atoms with van der Waals surface area (Å²) >= 11 is 0. The first kappa shape index (κ1) is 21.3. The third-order valence-corrected chi connectivity index (χ3v) is 7.97. The Bertz CT molecular complexity index is 773. The van der Waals surface area contributed by atoms with Crippen molar-refractivity contribution in [1.82, 2.24) is 14.1 Å². The van der Waals surface area contributed by atoms with Gasteiger partial charge in [0.15, 0.2) is 0 Å². The van der Waals surface area contributed by atoms with Crippen molar-refractivity contribution in [1.29, 1.82) is 0 Å². The van der Waals surface area contributed by atoms with Crippen LogP contribution in [0.15, 0.2) is 24.3 Å². The Morgan fingerprint density at radius 2 is 1.82 bits per heavy atom. The van der Waals surface area contributed by atoms with Gasteiger partial charge in [-0.25, -0.2) is 12.7 Å². The molecule has 2 aliphatic rings. The standard InChI is InChI=1S/C21H33N3O3S/c1-3-15-28(26,27)24-10-6-9-20(17-24)21(25)23-13-11-22(12-14-23)16-19-8-5-4-7-18(19)2/h4-5,7-8,20H,3,6,9-17H2,1-2H3. The first-order chi connectivity index (χ1) is 13.4. The second-order valence-electron chi connectivity index (χ2n) is 8.04. The lowest BCUT2D eigenvalue weighted by Crippen LogP contribution is -2.53. The number of carbonyl (C=O) groups is 1. The number of piperidine rings is 1. The van der Waals surface area contributed by atoms with Gasteiger partial charge in [-0.1, -0.05) is 31.2 Å². The summed E-state index contributed by atoms with van der Waals surface area (Å²) < 4.78 is 26.3. The maximum absolute atomic E-state index is 13.0. The van der Waals surface area contributed by atoms with Crippen LogP contribution in [0.5, 0.6) is 0 Å². The average Bonchev–Trinajstić information content (AvgIpc) is 2.70. The molecule has 1 atom stereocenters. The van der Waals surface area contributed by atoms with E-state index in [2.05, 4.69) is 36.1 Å². The van der Waals surface area contributed by atoms with Gasteiger partial charge in [-0.3, -0.25) is 9.69 Å². The minimum atomic E-state index is -3.22. The Hall–Kier alpha value is -1.44. The fourth-order valence-electron chi connectivity index (χ4n) is 4.20. The van der Waals surface area contributed by atoms with Crippen LogP contribution < -0.4 is 0 Å². The summed E-state index contributed by atoms with van der Waals surface area (Å²) in [6.07, 6.45) is 2.17. The van der Waals surface area contributed by atoms with Crippen LogP contribution in [0.25, 0.3) is 0 Å². The first-order valence-electron chi connectivity index (χ1n) is 10.4. The number of carbonyl (C=O) groups excluding carboxylic acids is 1. The molecule has 2 fully saturated rings. The second-order valence-corrected chi connectivity index (χ2v) is 10.1. The lowest BCUT2D eigenvalue weighted by molar-refractivity contribution is -0.138. The first-order valence-corrected chi connectivity index (χ1v) is 12.0. The number of amides is 1. The highest BCUT2D eigenvalue weighted by Gasteiger charge is 2.34.